The Morgan fingerprint density at radius 3 is 2.75 bits per heavy atom. The number of aryl methyl sites for hydroxylation is 3. The smallest absolute Gasteiger partial charge is 0.0630 e. The van der Waals surface area contributed by atoms with E-state index in [0.29, 0.717) is 0 Å². The Hall–Kier alpha value is -1.05. The summed E-state index contributed by atoms with van der Waals surface area (Å²) in [4.78, 5) is 0. The predicted molar refractivity (Wildman–Crippen MR) is 69.6 cm³/mol. The Bertz CT molecular complexity index is 337. The number of unbranched alkanes of at least 4 members (excludes halogenated alkanes) is 1. The Kier molecular flexibility index (Phi) is 5.30. The van der Waals surface area contributed by atoms with Crippen LogP contribution in [0.25, 0.3) is 0 Å². The first-order valence-corrected chi connectivity index (χ1v) is 6.37. The summed E-state index contributed by atoms with van der Waals surface area (Å²) in [5.41, 5.74) is 3.82. The monoisotopic (exact) mass is 220 g/mol. The van der Waals surface area contributed by atoms with Crippen molar-refractivity contribution < 1.29 is 0 Å². The molecule has 0 atom stereocenters. The predicted octanol–water partition coefficient (Wildman–Crippen LogP) is 3.75. The zero-order valence-corrected chi connectivity index (χ0v) is 10.9. The van der Waals surface area contributed by atoms with Gasteiger partial charge in [0.1, 0.15) is 0 Å². The number of hydrogen-bond donors (Lipinski definition) is 0. The van der Waals surface area contributed by atoms with E-state index in [2.05, 4.69) is 43.2 Å². The molecule has 0 saturated heterocycles. The van der Waals surface area contributed by atoms with Crippen molar-refractivity contribution in [2.24, 2.45) is 0 Å². The minimum absolute atomic E-state index is 1.03. The molecule has 1 aromatic rings. The van der Waals surface area contributed by atoms with Crippen molar-refractivity contribution in [3.8, 4) is 0 Å². The highest BCUT2D eigenvalue weighted by molar-refractivity contribution is 5.12. The maximum absolute atomic E-state index is 4.67. The van der Waals surface area contributed by atoms with Gasteiger partial charge in [0.25, 0.3) is 0 Å². The average molecular weight is 220 g/mol. The third-order valence-electron chi connectivity index (χ3n) is 2.81. The van der Waals surface area contributed by atoms with Crippen molar-refractivity contribution in [1.29, 1.82) is 0 Å². The quantitative estimate of drug-likeness (QED) is 0.640. The standard InChI is InChI=1S/C14H24N2/c1-5-7-10-16-14(6-2)11-13(15-16)9-8-12(3)4/h11H,3,5-10H2,1-2,4H3. The van der Waals surface area contributed by atoms with Gasteiger partial charge in [0.15, 0.2) is 0 Å². The van der Waals surface area contributed by atoms with Crippen LogP contribution in [0.4, 0.5) is 0 Å². The van der Waals surface area contributed by atoms with Gasteiger partial charge in [-0.3, -0.25) is 4.68 Å². The summed E-state index contributed by atoms with van der Waals surface area (Å²) in [5, 5.41) is 4.67. The summed E-state index contributed by atoms with van der Waals surface area (Å²) in [6.45, 7) is 11.5. The molecule has 0 fully saturated rings. The van der Waals surface area contributed by atoms with Crippen molar-refractivity contribution in [2.75, 3.05) is 0 Å². The molecular weight excluding hydrogens is 196 g/mol. The third-order valence-corrected chi connectivity index (χ3v) is 2.81. The maximum Gasteiger partial charge on any atom is 0.0630 e. The molecule has 1 rings (SSSR count). The summed E-state index contributed by atoms with van der Waals surface area (Å²) in [6.07, 6.45) is 5.60. The second kappa shape index (κ2) is 6.51. The lowest BCUT2D eigenvalue weighted by Gasteiger charge is -2.03. The molecule has 16 heavy (non-hydrogen) atoms. The SMILES string of the molecule is C=C(C)CCc1cc(CC)n(CCCC)n1. The van der Waals surface area contributed by atoms with Crippen molar-refractivity contribution in [1.82, 2.24) is 9.78 Å². The summed E-state index contributed by atoms with van der Waals surface area (Å²) >= 11 is 0. The van der Waals surface area contributed by atoms with Crippen LogP contribution in [-0.2, 0) is 19.4 Å². The minimum atomic E-state index is 1.03. The van der Waals surface area contributed by atoms with Crippen LogP contribution in [-0.4, -0.2) is 9.78 Å². The van der Waals surface area contributed by atoms with Crippen LogP contribution >= 0.6 is 0 Å². The highest BCUT2D eigenvalue weighted by Crippen LogP contribution is 2.11. The summed E-state index contributed by atoms with van der Waals surface area (Å²) in [7, 11) is 0. The van der Waals surface area contributed by atoms with Crippen molar-refractivity contribution in [2.45, 2.75) is 59.4 Å². The molecule has 1 aromatic heterocycles. The molecule has 0 aromatic carbocycles. The molecule has 0 aliphatic carbocycles. The zero-order chi connectivity index (χ0) is 12.0. The first-order valence-electron chi connectivity index (χ1n) is 6.37. The molecule has 0 aliphatic heterocycles. The molecule has 0 amide bonds. The molecule has 0 spiro atoms. The van der Waals surface area contributed by atoms with E-state index >= 15 is 0 Å². The van der Waals surface area contributed by atoms with Crippen LogP contribution in [0.5, 0.6) is 0 Å². The molecule has 0 saturated carbocycles. The summed E-state index contributed by atoms with van der Waals surface area (Å²) < 4.78 is 2.18. The molecule has 0 unspecified atom stereocenters. The van der Waals surface area contributed by atoms with Gasteiger partial charge in [-0.15, -0.1) is 6.58 Å². The molecule has 0 N–H and O–H groups in total. The third kappa shape index (κ3) is 3.84. The lowest BCUT2D eigenvalue weighted by atomic mass is 10.1. The Balaban J connectivity index is 2.65. The van der Waals surface area contributed by atoms with Gasteiger partial charge in [0, 0.05) is 12.2 Å². The van der Waals surface area contributed by atoms with Gasteiger partial charge in [0.05, 0.1) is 5.69 Å². The first kappa shape index (κ1) is 13.0. The summed E-state index contributed by atoms with van der Waals surface area (Å²) in [6, 6.07) is 2.25. The van der Waals surface area contributed by atoms with Gasteiger partial charge in [-0.1, -0.05) is 25.8 Å². The van der Waals surface area contributed by atoms with Crippen LogP contribution in [0.1, 0.15) is 51.4 Å². The van der Waals surface area contributed by atoms with Gasteiger partial charge < -0.3 is 0 Å². The first-order chi connectivity index (χ1) is 7.67. The second-order valence-corrected chi connectivity index (χ2v) is 4.51. The second-order valence-electron chi connectivity index (χ2n) is 4.51. The number of rotatable bonds is 7. The lowest BCUT2D eigenvalue weighted by Crippen LogP contribution is -2.04. The van der Waals surface area contributed by atoms with E-state index in [1.807, 2.05) is 0 Å². The van der Waals surface area contributed by atoms with Crippen molar-refractivity contribution in [3.63, 3.8) is 0 Å². The number of allylic oxidation sites excluding steroid dienone is 1. The fourth-order valence-corrected chi connectivity index (χ4v) is 1.76. The Labute approximate surface area is 99.4 Å². The minimum Gasteiger partial charge on any atom is -0.269 e. The largest absolute Gasteiger partial charge is 0.269 e. The molecule has 2 heteroatoms. The normalized spacial score (nSPS) is 10.7. The molecular formula is C14H24N2. The van der Waals surface area contributed by atoms with Crippen LogP contribution < -0.4 is 0 Å². The number of aromatic nitrogens is 2. The molecule has 0 radical (unpaired) electrons. The van der Waals surface area contributed by atoms with Gasteiger partial charge >= 0.3 is 0 Å². The topological polar surface area (TPSA) is 17.8 Å². The van der Waals surface area contributed by atoms with Crippen molar-refractivity contribution in [3.05, 3.63) is 29.6 Å². The van der Waals surface area contributed by atoms with E-state index in [9.17, 15) is 0 Å². The van der Waals surface area contributed by atoms with Gasteiger partial charge in [-0.05, 0) is 38.7 Å². The van der Waals surface area contributed by atoms with E-state index in [-0.39, 0.29) is 0 Å². The van der Waals surface area contributed by atoms with Gasteiger partial charge in [0.2, 0.25) is 0 Å². The maximum atomic E-state index is 4.67. The number of hydrogen-bond acceptors (Lipinski definition) is 1. The average Bonchev–Trinajstić information content (AvgIpc) is 2.66. The van der Waals surface area contributed by atoms with Gasteiger partial charge in [-0.2, -0.15) is 5.10 Å². The summed E-state index contributed by atoms with van der Waals surface area (Å²) in [5.74, 6) is 0. The van der Waals surface area contributed by atoms with Gasteiger partial charge in [-0.25, -0.2) is 0 Å². The van der Waals surface area contributed by atoms with Crippen molar-refractivity contribution >= 4 is 0 Å². The van der Waals surface area contributed by atoms with Crippen LogP contribution in [0.15, 0.2) is 18.2 Å². The van der Waals surface area contributed by atoms with Crippen LogP contribution in [0, 0.1) is 0 Å². The fourth-order valence-electron chi connectivity index (χ4n) is 1.76. The highest BCUT2D eigenvalue weighted by Gasteiger charge is 2.05. The highest BCUT2D eigenvalue weighted by atomic mass is 15.3. The Morgan fingerprint density at radius 1 is 1.44 bits per heavy atom. The molecule has 0 bridgehead atoms. The molecule has 2 nitrogen and oxygen atoms in total. The van der Waals surface area contributed by atoms with E-state index in [1.54, 1.807) is 0 Å². The van der Waals surface area contributed by atoms with Crippen LogP contribution in [0.2, 0.25) is 0 Å². The van der Waals surface area contributed by atoms with E-state index < -0.39 is 0 Å². The molecule has 1 heterocycles. The zero-order valence-electron chi connectivity index (χ0n) is 10.9. The van der Waals surface area contributed by atoms with Crippen LogP contribution in [0.3, 0.4) is 0 Å². The van der Waals surface area contributed by atoms with E-state index in [1.165, 1.54) is 29.8 Å². The Morgan fingerprint density at radius 2 is 2.19 bits per heavy atom. The number of nitrogens with zero attached hydrogens (tertiary/aromatic N) is 2. The fraction of sp³-hybridized carbons (Fsp3) is 0.643. The van der Waals surface area contributed by atoms with E-state index in [0.717, 1.165) is 25.8 Å². The molecule has 0 aliphatic rings. The molecule has 90 valence electrons. The van der Waals surface area contributed by atoms with E-state index in [4.69, 9.17) is 0 Å². The lowest BCUT2D eigenvalue weighted by molar-refractivity contribution is 0.545.